The number of anilines is 1. The van der Waals surface area contributed by atoms with E-state index < -0.39 is 11.8 Å². The molecule has 0 saturated carbocycles. The lowest BCUT2D eigenvalue weighted by Gasteiger charge is -2.15. The summed E-state index contributed by atoms with van der Waals surface area (Å²) in [5.74, 6) is -0.427. The number of carbonyl (C=O) groups excluding carboxylic acids is 2. The molecule has 0 fully saturated rings. The Kier molecular flexibility index (Phi) is 7.32. The van der Waals surface area contributed by atoms with Crippen molar-refractivity contribution in [1.82, 2.24) is 4.98 Å². The molecule has 2 amide bonds. The van der Waals surface area contributed by atoms with Crippen molar-refractivity contribution in [3.05, 3.63) is 63.6 Å². The molecule has 3 N–H and O–H groups in total. The van der Waals surface area contributed by atoms with E-state index in [1.165, 1.54) is 37.7 Å². The summed E-state index contributed by atoms with van der Waals surface area (Å²) in [6, 6.07) is 10.5. The van der Waals surface area contributed by atoms with Gasteiger partial charge in [-0.15, -0.1) is 11.3 Å². The number of benzene rings is 2. The highest BCUT2D eigenvalue weighted by Crippen LogP contribution is 2.38. The Bertz CT molecular complexity index is 1080. The van der Waals surface area contributed by atoms with E-state index in [9.17, 15) is 9.59 Å². The van der Waals surface area contributed by atoms with Gasteiger partial charge < -0.3 is 19.9 Å². The number of hydrogen-bond acceptors (Lipinski definition) is 7. The van der Waals surface area contributed by atoms with Crippen LogP contribution in [0.4, 0.5) is 5.13 Å². The SMILES string of the molecule is COc1cc(C(=O)Nc2ncc(Cc3ccccc3Cl)s2)cc(OC)c1OCC(N)=O. The monoisotopic (exact) mass is 461 g/mol. The molecule has 0 unspecified atom stereocenters. The molecule has 0 atom stereocenters. The summed E-state index contributed by atoms with van der Waals surface area (Å²) in [5, 5.41) is 3.88. The molecule has 3 rings (SSSR count). The molecule has 31 heavy (non-hydrogen) atoms. The van der Waals surface area contributed by atoms with Gasteiger partial charge in [-0.25, -0.2) is 4.98 Å². The van der Waals surface area contributed by atoms with Crippen LogP contribution in [-0.4, -0.2) is 37.6 Å². The number of hydrogen-bond donors (Lipinski definition) is 2. The number of methoxy groups -OCH3 is 2. The van der Waals surface area contributed by atoms with Crippen molar-refractivity contribution in [2.45, 2.75) is 6.42 Å². The van der Waals surface area contributed by atoms with Crippen molar-refractivity contribution in [1.29, 1.82) is 0 Å². The van der Waals surface area contributed by atoms with E-state index in [4.69, 9.17) is 31.5 Å². The van der Waals surface area contributed by atoms with Crippen molar-refractivity contribution in [3.63, 3.8) is 0 Å². The number of halogens is 1. The first-order chi connectivity index (χ1) is 14.9. The zero-order valence-electron chi connectivity index (χ0n) is 16.8. The van der Waals surface area contributed by atoms with E-state index in [0.717, 1.165) is 10.4 Å². The van der Waals surface area contributed by atoms with Crippen LogP contribution in [0.25, 0.3) is 0 Å². The number of primary amides is 1. The maximum absolute atomic E-state index is 12.8. The number of aromatic nitrogens is 1. The number of nitrogens with two attached hydrogens (primary N) is 1. The van der Waals surface area contributed by atoms with Gasteiger partial charge in [-0.3, -0.25) is 14.9 Å². The van der Waals surface area contributed by atoms with Crippen LogP contribution in [0.3, 0.4) is 0 Å². The van der Waals surface area contributed by atoms with Gasteiger partial charge in [0.05, 0.1) is 14.2 Å². The minimum atomic E-state index is -0.651. The first-order valence-electron chi connectivity index (χ1n) is 9.07. The smallest absolute Gasteiger partial charge is 0.257 e. The average molecular weight is 462 g/mol. The highest BCUT2D eigenvalue weighted by Gasteiger charge is 2.19. The first-order valence-corrected chi connectivity index (χ1v) is 10.3. The van der Waals surface area contributed by atoms with Gasteiger partial charge in [-0.2, -0.15) is 0 Å². The molecule has 0 aliphatic carbocycles. The molecule has 0 bridgehead atoms. The fourth-order valence-corrected chi connectivity index (χ4v) is 3.78. The van der Waals surface area contributed by atoms with Gasteiger partial charge >= 0.3 is 0 Å². The molecular formula is C21H20ClN3O5S. The molecule has 10 heteroatoms. The molecule has 0 spiro atoms. The van der Waals surface area contributed by atoms with Gasteiger partial charge in [0.15, 0.2) is 23.2 Å². The summed E-state index contributed by atoms with van der Waals surface area (Å²) >= 11 is 7.56. The molecule has 8 nitrogen and oxygen atoms in total. The Morgan fingerprint density at radius 1 is 1.16 bits per heavy atom. The fourth-order valence-electron chi connectivity index (χ4n) is 2.74. The second-order valence-electron chi connectivity index (χ2n) is 6.32. The Labute approximate surface area is 187 Å². The molecule has 0 aliphatic heterocycles. The van der Waals surface area contributed by atoms with E-state index in [0.29, 0.717) is 16.6 Å². The topological polar surface area (TPSA) is 113 Å². The number of amides is 2. The molecule has 0 radical (unpaired) electrons. The minimum absolute atomic E-state index is 0.177. The third-order valence-corrected chi connectivity index (χ3v) is 5.46. The third kappa shape index (κ3) is 5.65. The molecule has 3 aromatic rings. The lowest BCUT2D eigenvalue weighted by atomic mass is 10.1. The number of nitrogens with one attached hydrogen (secondary N) is 1. The first kappa shape index (κ1) is 22.4. The normalized spacial score (nSPS) is 10.4. The van der Waals surface area contributed by atoms with Crippen molar-refractivity contribution < 1.29 is 23.8 Å². The largest absolute Gasteiger partial charge is 0.493 e. The Balaban J connectivity index is 1.76. The lowest BCUT2D eigenvalue weighted by molar-refractivity contribution is -0.120. The van der Waals surface area contributed by atoms with Crippen LogP contribution in [0, 0.1) is 0 Å². The van der Waals surface area contributed by atoms with Crippen molar-refractivity contribution in [3.8, 4) is 17.2 Å². The highest BCUT2D eigenvalue weighted by molar-refractivity contribution is 7.15. The number of ether oxygens (including phenoxy) is 3. The third-order valence-electron chi connectivity index (χ3n) is 4.18. The zero-order chi connectivity index (χ0) is 22.4. The summed E-state index contributed by atoms with van der Waals surface area (Å²) < 4.78 is 15.9. The van der Waals surface area contributed by atoms with Gasteiger partial charge in [0.2, 0.25) is 5.75 Å². The van der Waals surface area contributed by atoms with Gasteiger partial charge in [-0.1, -0.05) is 29.8 Å². The Morgan fingerprint density at radius 2 is 1.84 bits per heavy atom. The van der Waals surface area contributed by atoms with Gasteiger partial charge in [0.25, 0.3) is 11.8 Å². The number of thiazole rings is 1. The van der Waals surface area contributed by atoms with Gasteiger partial charge in [0, 0.05) is 28.1 Å². The number of carbonyl (C=O) groups is 2. The molecule has 0 saturated heterocycles. The second-order valence-corrected chi connectivity index (χ2v) is 7.84. The molecule has 2 aromatic carbocycles. The minimum Gasteiger partial charge on any atom is -0.493 e. The maximum atomic E-state index is 12.8. The van der Waals surface area contributed by atoms with Crippen LogP contribution >= 0.6 is 22.9 Å². The predicted octanol–water partition coefficient (Wildman–Crippen LogP) is 3.52. The lowest BCUT2D eigenvalue weighted by Crippen LogP contribution is -2.20. The summed E-state index contributed by atoms with van der Waals surface area (Å²) in [6.07, 6.45) is 2.31. The van der Waals surface area contributed by atoms with E-state index in [-0.39, 0.29) is 29.4 Å². The van der Waals surface area contributed by atoms with Gasteiger partial charge in [-0.05, 0) is 23.8 Å². The maximum Gasteiger partial charge on any atom is 0.257 e. The fraction of sp³-hybridized carbons (Fsp3) is 0.190. The van der Waals surface area contributed by atoms with Crippen LogP contribution in [-0.2, 0) is 11.2 Å². The van der Waals surface area contributed by atoms with Crippen LogP contribution in [0.1, 0.15) is 20.8 Å². The second kappa shape index (κ2) is 10.1. The highest BCUT2D eigenvalue weighted by atomic mass is 35.5. The molecule has 1 aromatic heterocycles. The van der Waals surface area contributed by atoms with Crippen LogP contribution < -0.4 is 25.3 Å². The van der Waals surface area contributed by atoms with E-state index in [2.05, 4.69) is 10.3 Å². The van der Waals surface area contributed by atoms with Crippen molar-refractivity contribution >= 4 is 39.9 Å². The van der Waals surface area contributed by atoms with Crippen LogP contribution in [0.15, 0.2) is 42.6 Å². The van der Waals surface area contributed by atoms with E-state index >= 15 is 0 Å². The molecule has 162 valence electrons. The predicted molar refractivity (Wildman–Crippen MR) is 119 cm³/mol. The standard InChI is InChI=1S/C21H20ClN3O5S/c1-28-16-8-13(9-17(29-2)19(16)30-11-18(23)26)20(27)25-21-24-10-14(31-21)7-12-5-3-4-6-15(12)22/h3-6,8-10H,7,11H2,1-2H3,(H2,23,26)(H,24,25,27). The molecular weight excluding hydrogens is 442 g/mol. The van der Waals surface area contributed by atoms with E-state index in [1.807, 2.05) is 24.3 Å². The van der Waals surface area contributed by atoms with Gasteiger partial charge in [0.1, 0.15) is 0 Å². The summed E-state index contributed by atoms with van der Waals surface area (Å²) in [5.41, 5.74) is 6.37. The van der Waals surface area contributed by atoms with Crippen LogP contribution in [0.5, 0.6) is 17.2 Å². The number of nitrogens with zero attached hydrogens (tertiary/aromatic N) is 1. The van der Waals surface area contributed by atoms with Crippen LogP contribution in [0.2, 0.25) is 5.02 Å². The quantitative estimate of drug-likeness (QED) is 0.504. The summed E-state index contributed by atoms with van der Waals surface area (Å²) in [7, 11) is 2.82. The Morgan fingerprint density at radius 3 is 2.45 bits per heavy atom. The van der Waals surface area contributed by atoms with Crippen molar-refractivity contribution in [2.24, 2.45) is 5.73 Å². The van der Waals surface area contributed by atoms with Crippen molar-refractivity contribution in [2.75, 3.05) is 26.1 Å². The molecule has 0 aliphatic rings. The average Bonchev–Trinajstić information content (AvgIpc) is 3.19. The summed E-state index contributed by atoms with van der Waals surface area (Å²) in [6.45, 7) is -0.356. The number of rotatable bonds is 9. The Hall–Kier alpha value is -3.30. The molecule has 1 heterocycles. The zero-order valence-corrected chi connectivity index (χ0v) is 18.4. The van der Waals surface area contributed by atoms with E-state index in [1.54, 1.807) is 6.20 Å². The summed E-state index contributed by atoms with van der Waals surface area (Å²) in [4.78, 5) is 29.0.